The van der Waals surface area contributed by atoms with E-state index in [1.807, 2.05) is 17.1 Å². The SMILES string of the molecule is COc1cnc2c(c1)sn2C. The minimum atomic E-state index is 0.823. The predicted octanol–water partition coefficient (Wildman–Crippen LogP) is 1.64. The van der Waals surface area contributed by atoms with E-state index in [2.05, 4.69) is 4.98 Å². The van der Waals surface area contributed by atoms with E-state index >= 15 is 0 Å². The van der Waals surface area contributed by atoms with Gasteiger partial charge in [-0.1, -0.05) is 11.5 Å². The van der Waals surface area contributed by atoms with Gasteiger partial charge in [-0.25, -0.2) is 4.98 Å². The van der Waals surface area contributed by atoms with Crippen molar-refractivity contribution in [2.45, 2.75) is 0 Å². The highest BCUT2D eigenvalue weighted by molar-refractivity contribution is 7.16. The maximum Gasteiger partial charge on any atom is 0.160 e. The molecule has 0 spiro atoms. The average molecular weight is 168 g/mol. The molecule has 2 aromatic heterocycles. The van der Waals surface area contributed by atoms with Crippen LogP contribution in [0.15, 0.2) is 12.3 Å². The molecule has 2 heterocycles. The monoisotopic (exact) mass is 168 g/mol. The van der Waals surface area contributed by atoms with E-state index in [9.17, 15) is 0 Å². The Bertz CT molecular complexity index is 377. The van der Waals surface area contributed by atoms with Crippen molar-refractivity contribution >= 4 is 21.9 Å². The molecule has 0 aromatic carbocycles. The van der Waals surface area contributed by atoms with E-state index in [1.165, 1.54) is 4.70 Å². The van der Waals surface area contributed by atoms with Gasteiger partial charge in [0.2, 0.25) is 0 Å². The number of aryl methyl sites for hydroxylation is 1. The number of aromatic nitrogens is 2. The van der Waals surface area contributed by atoms with Crippen LogP contribution in [0, 0.1) is 0 Å². The topological polar surface area (TPSA) is 27.1 Å². The molecule has 0 N–H and O–H groups in total. The number of nitrogens with zero attached hydrogens (tertiary/aromatic N) is 2. The summed E-state index contributed by atoms with van der Waals surface area (Å²) in [5, 5.41) is 0. The first-order chi connectivity index (χ1) is 5.31. The Kier molecular flexibility index (Phi) is 1.35. The van der Waals surface area contributed by atoms with Crippen LogP contribution in [0.3, 0.4) is 0 Å². The second kappa shape index (κ2) is 2.23. The molecule has 4 heteroatoms. The van der Waals surface area contributed by atoms with Crippen LogP contribution in [0.4, 0.5) is 0 Å². The Hall–Kier alpha value is -1.03. The van der Waals surface area contributed by atoms with E-state index < -0.39 is 0 Å². The zero-order chi connectivity index (χ0) is 7.84. The zero-order valence-corrected chi connectivity index (χ0v) is 7.18. The Balaban J connectivity index is 2.56. The van der Waals surface area contributed by atoms with Gasteiger partial charge in [-0.2, -0.15) is 0 Å². The van der Waals surface area contributed by atoms with Gasteiger partial charge in [-0.15, -0.1) is 0 Å². The first kappa shape index (κ1) is 6.67. The van der Waals surface area contributed by atoms with Crippen LogP contribution < -0.4 is 4.74 Å². The van der Waals surface area contributed by atoms with E-state index in [-0.39, 0.29) is 0 Å². The van der Waals surface area contributed by atoms with Gasteiger partial charge in [-0.05, 0) is 0 Å². The first-order valence-corrected chi connectivity index (χ1v) is 4.04. The molecule has 0 bridgehead atoms. The van der Waals surface area contributed by atoms with Crippen molar-refractivity contribution in [3.8, 4) is 5.75 Å². The third-order valence-electron chi connectivity index (χ3n) is 1.58. The molecule has 0 saturated heterocycles. The number of hydrogen-bond acceptors (Lipinski definition) is 3. The fraction of sp³-hybridized carbons (Fsp3) is 0.286. The third-order valence-corrected chi connectivity index (χ3v) is 2.52. The van der Waals surface area contributed by atoms with Gasteiger partial charge in [0, 0.05) is 13.1 Å². The molecular weight excluding hydrogens is 160 g/mol. The number of ether oxygens (including phenoxy) is 1. The van der Waals surface area contributed by atoms with Crippen LogP contribution >= 0.6 is 11.5 Å². The highest BCUT2D eigenvalue weighted by atomic mass is 32.1. The number of rotatable bonds is 1. The van der Waals surface area contributed by atoms with Gasteiger partial charge in [0.25, 0.3) is 0 Å². The molecule has 2 rings (SSSR count). The van der Waals surface area contributed by atoms with Gasteiger partial charge < -0.3 is 4.74 Å². The van der Waals surface area contributed by atoms with Crippen molar-refractivity contribution in [1.29, 1.82) is 0 Å². The second-order valence-corrected chi connectivity index (χ2v) is 3.46. The van der Waals surface area contributed by atoms with Crippen LogP contribution in [0.1, 0.15) is 0 Å². The molecule has 0 aliphatic rings. The van der Waals surface area contributed by atoms with Crippen LogP contribution in [-0.4, -0.2) is 16.1 Å². The maximum atomic E-state index is 5.02. The van der Waals surface area contributed by atoms with Gasteiger partial charge in [-0.3, -0.25) is 3.96 Å². The van der Waals surface area contributed by atoms with Crippen molar-refractivity contribution in [2.24, 2.45) is 7.05 Å². The Labute approximate surface area is 68.4 Å². The molecule has 0 radical (unpaired) electrons. The zero-order valence-electron chi connectivity index (χ0n) is 6.37. The average Bonchev–Trinajstić information content (AvgIpc) is 2.02. The third kappa shape index (κ3) is 0.903. The van der Waals surface area contributed by atoms with E-state index in [4.69, 9.17) is 4.74 Å². The van der Waals surface area contributed by atoms with Crippen LogP contribution in [0.5, 0.6) is 5.75 Å². The lowest BCUT2D eigenvalue weighted by Crippen LogP contribution is -1.96. The summed E-state index contributed by atoms with van der Waals surface area (Å²) in [6, 6.07) is 1.99. The lowest BCUT2D eigenvalue weighted by molar-refractivity contribution is 0.413. The summed E-state index contributed by atoms with van der Waals surface area (Å²) < 4.78 is 8.23. The lowest BCUT2D eigenvalue weighted by atomic mass is 10.4. The Morgan fingerprint density at radius 3 is 3.00 bits per heavy atom. The largest absolute Gasteiger partial charge is 0.495 e. The van der Waals surface area contributed by atoms with Crippen LogP contribution in [-0.2, 0) is 7.05 Å². The van der Waals surface area contributed by atoms with E-state index in [1.54, 1.807) is 24.8 Å². The molecule has 0 saturated carbocycles. The number of fused-ring (bicyclic) bond motifs is 1. The molecule has 0 aliphatic carbocycles. The summed E-state index contributed by atoms with van der Waals surface area (Å²) >= 11 is 1.67. The summed E-state index contributed by atoms with van der Waals surface area (Å²) in [6.07, 6.45) is 1.73. The summed E-state index contributed by atoms with van der Waals surface area (Å²) in [5.74, 6) is 0.823. The first-order valence-electron chi connectivity index (χ1n) is 3.27. The van der Waals surface area contributed by atoms with E-state index in [0.29, 0.717) is 0 Å². The van der Waals surface area contributed by atoms with Crippen molar-refractivity contribution in [3.63, 3.8) is 0 Å². The Morgan fingerprint density at radius 2 is 2.45 bits per heavy atom. The molecule has 58 valence electrons. The summed E-state index contributed by atoms with van der Waals surface area (Å²) in [7, 11) is 3.64. The van der Waals surface area contributed by atoms with Crippen molar-refractivity contribution in [2.75, 3.05) is 7.11 Å². The fourth-order valence-corrected chi connectivity index (χ4v) is 1.82. The van der Waals surface area contributed by atoms with E-state index in [0.717, 1.165) is 11.4 Å². The normalized spacial score (nSPS) is 10.7. The van der Waals surface area contributed by atoms with Gasteiger partial charge >= 0.3 is 0 Å². The van der Waals surface area contributed by atoms with Crippen molar-refractivity contribution in [3.05, 3.63) is 12.3 Å². The molecule has 0 unspecified atom stereocenters. The minimum Gasteiger partial charge on any atom is -0.495 e. The quantitative estimate of drug-likeness (QED) is 0.647. The van der Waals surface area contributed by atoms with Crippen LogP contribution in [0.2, 0.25) is 0 Å². The standard InChI is InChI=1S/C7H8N2OS/c1-9-7-6(11-9)3-5(10-2)4-8-7/h3-4H,1-2H3. The molecule has 0 atom stereocenters. The number of hydrogen-bond donors (Lipinski definition) is 0. The van der Waals surface area contributed by atoms with Crippen molar-refractivity contribution in [1.82, 2.24) is 8.94 Å². The van der Waals surface area contributed by atoms with Crippen molar-refractivity contribution < 1.29 is 4.74 Å². The number of methoxy groups -OCH3 is 1. The van der Waals surface area contributed by atoms with Crippen LogP contribution in [0.25, 0.3) is 10.3 Å². The van der Waals surface area contributed by atoms with Gasteiger partial charge in [0.15, 0.2) is 5.65 Å². The molecule has 0 aliphatic heterocycles. The maximum absolute atomic E-state index is 5.02. The summed E-state index contributed by atoms with van der Waals surface area (Å²) in [5.41, 5.74) is 1.04. The summed E-state index contributed by atoms with van der Waals surface area (Å²) in [6.45, 7) is 0. The highest BCUT2D eigenvalue weighted by Crippen LogP contribution is 2.25. The Morgan fingerprint density at radius 1 is 1.64 bits per heavy atom. The second-order valence-electron chi connectivity index (χ2n) is 2.29. The smallest absolute Gasteiger partial charge is 0.160 e. The molecule has 2 aromatic rings. The lowest BCUT2D eigenvalue weighted by Gasteiger charge is -2.08. The number of pyridine rings is 1. The predicted molar refractivity (Wildman–Crippen MR) is 45.1 cm³/mol. The highest BCUT2D eigenvalue weighted by Gasteiger charge is 2.04. The molecule has 0 fully saturated rings. The molecule has 11 heavy (non-hydrogen) atoms. The molecule has 0 amide bonds. The fourth-order valence-electron chi connectivity index (χ4n) is 0.986. The summed E-state index contributed by atoms with van der Waals surface area (Å²) in [4.78, 5) is 4.20. The molecule has 3 nitrogen and oxygen atoms in total. The van der Waals surface area contributed by atoms with Gasteiger partial charge in [0.1, 0.15) is 5.75 Å². The minimum absolute atomic E-state index is 0.823. The van der Waals surface area contributed by atoms with Gasteiger partial charge in [0.05, 0.1) is 18.0 Å². The molecular formula is C7H8N2OS.